The van der Waals surface area contributed by atoms with Crippen LogP contribution in [0.1, 0.15) is 36.0 Å². The van der Waals surface area contributed by atoms with Gasteiger partial charge in [0.25, 0.3) is 5.91 Å². The fourth-order valence-electron chi connectivity index (χ4n) is 3.26. The molecule has 0 saturated heterocycles. The van der Waals surface area contributed by atoms with E-state index in [2.05, 4.69) is 5.32 Å². The molecule has 0 heterocycles. The molecule has 0 aliphatic heterocycles. The smallest absolute Gasteiger partial charge is 0.252 e. The topological polar surface area (TPSA) is 107 Å². The predicted molar refractivity (Wildman–Crippen MR) is 100 cm³/mol. The van der Waals surface area contributed by atoms with E-state index in [1.165, 1.54) is 0 Å². The highest BCUT2D eigenvalue weighted by Gasteiger charge is 2.26. The van der Waals surface area contributed by atoms with Gasteiger partial charge in [-0.15, -0.1) is 0 Å². The number of rotatable bonds is 6. The number of benzene rings is 2. The van der Waals surface area contributed by atoms with Crippen LogP contribution in [-0.2, 0) is 4.79 Å². The van der Waals surface area contributed by atoms with E-state index in [4.69, 9.17) is 16.2 Å². The number of carbonyl (C=O) groups excluding carboxylic acids is 2. The fraction of sp³-hybridized carbons (Fsp3) is 0.300. The van der Waals surface area contributed by atoms with Gasteiger partial charge in [0.2, 0.25) is 5.91 Å². The maximum absolute atomic E-state index is 12.2. The van der Waals surface area contributed by atoms with E-state index in [0.29, 0.717) is 29.2 Å². The van der Waals surface area contributed by atoms with Gasteiger partial charge in [0, 0.05) is 18.2 Å². The lowest BCUT2D eigenvalue weighted by atomic mass is 10.00. The summed E-state index contributed by atoms with van der Waals surface area (Å²) in [4.78, 5) is 23.6. The van der Waals surface area contributed by atoms with Crippen molar-refractivity contribution in [1.29, 1.82) is 0 Å². The summed E-state index contributed by atoms with van der Waals surface area (Å²) in [5.41, 5.74) is 12.4. The molecule has 6 nitrogen and oxygen atoms in total. The Kier molecular flexibility index (Phi) is 5.53. The number of amides is 2. The van der Waals surface area contributed by atoms with Crippen LogP contribution in [0.3, 0.4) is 0 Å². The summed E-state index contributed by atoms with van der Waals surface area (Å²) in [5, 5.41) is 2.89. The van der Waals surface area contributed by atoms with Crippen LogP contribution >= 0.6 is 0 Å². The lowest BCUT2D eigenvalue weighted by Gasteiger charge is -2.15. The highest BCUT2D eigenvalue weighted by molar-refractivity contribution is 5.95. The Labute approximate surface area is 152 Å². The van der Waals surface area contributed by atoms with E-state index in [9.17, 15) is 9.59 Å². The Morgan fingerprint density at radius 3 is 2.46 bits per heavy atom. The highest BCUT2D eigenvalue weighted by Crippen LogP contribution is 2.28. The normalized spacial score (nSPS) is 19.1. The minimum Gasteiger partial charge on any atom is -0.457 e. The van der Waals surface area contributed by atoms with Gasteiger partial charge in [0.05, 0.1) is 5.56 Å². The number of primary amides is 1. The number of hydrogen-bond acceptors (Lipinski definition) is 4. The molecule has 1 fully saturated rings. The predicted octanol–water partition coefficient (Wildman–Crippen LogP) is 3.03. The Bertz CT molecular complexity index is 789. The van der Waals surface area contributed by atoms with Crippen LogP contribution in [0.5, 0.6) is 11.5 Å². The van der Waals surface area contributed by atoms with E-state index in [0.717, 1.165) is 19.3 Å². The van der Waals surface area contributed by atoms with Crippen LogP contribution in [-0.4, -0.2) is 17.9 Å². The molecule has 2 aromatic carbocycles. The van der Waals surface area contributed by atoms with E-state index in [-0.39, 0.29) is 17.9 Å². The Hall–Kier alpha value is -2.86. The zero-order valence-corrected chi connectivity index (χ0v) is 14.5. The van der Waals surface area contributed by atoms with Crippen molar-refractivity contribution in [2.75, 3.05) is 5.32 Å². The second-order valence-electron chi connectivity index (χ2n) is 6.59. The third kappa shape index (κ3) is 4.40. The highest BCUT2D eigenvalue weighted by atomic mass is 16.5. The van der Waals surface area contributed by atoms with Gasteiger partial charge in [0.1, 0.15) is 11.5 Å². The summed E-state index contributed by atoms with van der Waals surface area (Å²) in [6, 6.07) is 13.9. The standard InChI is InChI=1S/C20H23N3O3/c21-17-6-3-4-13(17)12-19(24)23-14-8-10-15(11-9-14)26-18-7-2-1-5-16(18)20(22)25/h1-2,5,7-11,13,17H,3-4,6,12,21H2,(H2,22,25)(H,23,24)/t13-,17+/m0/s1. The van der Waals surface area contributed by atoms with Crippen LogP contribution in [0, 0.1) is 5.92 Å². The maximum Gasteiger partial charge on any atom is 0.252 e. The fourth-order valence-corrected chi connectivity index (χ4v) is 3.26. The first kappa shape index (κ1) is 17.9. The lowest BCUT2D eigenvalue weighted by molar-refractivity contribution is -0.117. The Morgan fingerprint density at radius 2 is 1.81 bits per heavy atom. The summed E-state index contributed by atoms with van der Waals surface area (Å²) < 4.78 is 5.72. The lowest BCUT2D eigenvalue weighted by Crippen LogP contribution is -2.28. The molecule has 1 saturated carbocycles. The molecule has 26 heavy (non-hydrogen) atoms. The summed E-state index contributed by atoms with van der Waals surface area (Å²) in [6.07, 6.45) is 3.56. The van der Waals surface area contributed by atoms with Crippen molar-refractivity contribution in [2.45, 2.75) is 31.7 Å². The summed E-state index contributed by atoms with van der Waals surface area (Å²) in [7, 11) is 0. The molecule has 2 atom stereocenters. The van der Waals surface area contributed by atoms with E-state index in [1.807, 2.05) is 0 Å². The van der Waals surface area contributed by atoms with Crippen LogP contribution in [0.4, 0.5) is 5.69 Å². The van der Waals surface area contributed by atoms with Crippen molar-refractivity contribution in [3.63, 3.8) is 0 Å². The van der Waals surface area contributed by atoms with Crippen LogP contribution in [0.25, 0.3) is 0 Å². The minimum atomic E-state index is -0.547. The second-order valence-corrected chi connectivity index (χ2v) is 6.59. The molecule has 0 spiro atoms. The van der Waals surface area contributed by atoms with Gasteiger partial charge in [-0.2, -0.15) is 0 Å². The molecule has 2 amide bonds. The molecule has 136 valence electrons. The first-order valence-electron chi connectivity index (χ1n) is 8.75. The van der Waals surface area contributed by atoms with Gasteiger partial charge in [-0.3, -0.25) is 9.59 Å². The van der Waals surface area contributed by atoms with Crippen molar-refractivity contribution in [3.05, 3.63) is 54.1 Å². The molecule has 0 radical (unpaired) electrons. The van der Waals surface area contributed by atoms with E-state index >= 15 is 0 Å². The second kappa shape index (κ2) is 8.01. The van der Waals surface area contributed by atoms with Gasteiger partial charge in [0.15, 0.2) is 0 Å². The average Bonchev–Trinajstić information content (AvgIpc) is 3.01. The van der Waals surface area contributed by atoms with Crippen molar-refractivity contribution >= 4 is 17.5 Å². The zero-order valence-electron chi connectivity index (χ0n) is 14.5. The molecule has 0 bridgehead atoms. The third-order valence-corrected chi connectivity index (χ3v) is 4.68. The van der Waals surface area contributed by atoms with E-state index < -0.39 is 5.91 Å². The quantitative estimate of drug-likeness (QED) is 0.742. The number of carbonyl (C=O) groups is 2. The minimum absolute atomic E-state index is 0.0277. The molecule has 0 aromatic heterocycles. The Morgan fingerprint density at radius 1 is 1.08 bits per heavy atom. The number of para-hydroxylation sites is 1. The summed E-state index contributed by atoms with van der Waals surface area (Å²) in [6.45, 7) is 0. The van der Waals surface area contributed by atoms with Crippen molar-refractivity contribution in [3.8, 4) is 11.5 Å². The first-order chi connectivity index (χ1) is 12.5. The van der Waals surface area contributed by atoms with Crippen LogP contribution in [0.2, 0.25) is 0 Å². The van der Waals surface area contributed by atoms with Gasteiger partial charge in [-0.1, -0.05) is 18.6 Å². The number of hydrogen-bond donors (Lipinski definition) is 3. The molecule has 2 aromatic rings. The monoisotopic (exact) mass is 353 g/mol. The number of nitrogens with two attached hydrogens (primary N) is 2. The van der Waals surface area contributed by atoms with E-state index in [1.54, 1.807) is 48.5 Å². The molecule has 1 aliphatic carbocycles. The average molecular weight is 353 g/mol. The van der Waals surface area contributed by atoms with Gasteiger partial charge in [-0.05, 0) is 55.2 Å². The van der Waals surface area contributed by atoms with Crippen molar-refractivity contribution in [2.24, 2.45) is 17.4 Å². The molecule has 0 unspecified atom stereocenters. The molecule has 6 heteroatoms. The molecule has 1 aliphatic rings. The van der Waals surface area contributed by atoms with Crippen molar-refractivity contribution < 1.29 is 14.3 Å². The van der Waals surface area contributed by atoms with Crippen molar-refractivity contribution in [1.82, 2.24) is 0 Å². The molecular formula is C20H23N3O3. The van der Waals surface area contributed by atoms with Gasteiger partial charge >= 0.3 is 0 Å². The van der Waals surface area contributed by atoms with Crippen LogP contribution < -0.4 is 21.5 Å². The third-order valence-electron chi connectivity index (χ3n) is 4.68. The number of ether oxygens (including phenoxy) is 1. The van der Waals surface area contributed by atoms with Crippen LogP contribution in [0.15, 0.2) is 48.5 Å². The molecule has 5 N–H and O–H groups in total. The molecular weight excluding hydrogens is 330 g/mol. The first-order valence-corrected chi connectivity index (χ1v) is 8.75. The summed E-state index contributed by atoms with van der Waals surface area (Å²) >= 11 is 0. The van der Waals surface area contributed by atoms with Gasteiger partial charge in [-0.25, -0.2) is 0 Å². The number of nitrogens with one attached hydrogen (secondary N) is 1. The largest absolute Gasteiger partial charge is 0.457 e. The SMILES string of the molecule is NC(=O)c1ccccc1Oc1ccc(NC(=O)C[C@@H]2CCC[C@H]2N)cc1. The maximum atomic E-state index is 12.2. The Balaban J connectivity index is 1.60. The molecule has 3 rings (SSSR count). The summed E-state index contributed by atoms with van der Waals surface area (Å²) in [5.74, 6) is 0.638. The number of anilines is 1. The van der Waals surface area contributed by atoms with Gasteiger partial charge < -0.3 is 21.5 Å². The zero-order chi connectivity index (χ0) is 18.5.